The van der Waals surface area contributed by atoms with Gasteiger partial charge in [-0.15, -0.1) is 10.8 Å². The highest BCUT2D eigenvalue weighted by Gasteiger charge is 2.22. The van der Waals surface area contributed by atoms with Crippen LogP contribution in [0.2, 0.25) is 0 Å². The number of carbonyl (C=O) groups is 1. The summed E-state index contributed by atoms with van der Waals surface area (Å²) >= 11 is 0. The fourth-order valence-electron chi connectivity index (χ4n) is 1.34. The highest BCUT2D eigenvalue weighted by atomic mass is 32.3. The van der Waals surface area contributed by atoms with Gasteiger partial charge in [-0.2, -0.15) is 0 Å². The average molecular weight is 208 g/mol. The normalized spacial score (nSPS) is 25.3. The third kappa shape index (κ3) is 3.95. The summed E-state index contributed by atoms with van der Waals surface area (Å²) in [6.45, 7) is 0.820. The van der Waals surface area contributed by atoms with Crippen LogP contribution < -0.4 is 10.0 Å². The molecule has 13 heavy (non-hydrogen) atoms. The van der Waals surface area contributed by atoms with Crippen LogP contribution in [0.1, 0.15) is 19.3 Å². The summed E-state index contributed by atoms with van der Waals surface area (Å²) in [5.74, 6) is -0.317. The Kier molecular flexibility index (Phi) is 3.55. The first-order chi connectivity index (χ1) is 5.99. The van der Waals surface area contributed by atoms with Crippen molar-refractivity contribution in [3.05, 3.63) is 0 Å². The van der Waals surface area contributed by atoms with Gasteiger partial charge in [0.1, 0.15) is 0 Å². The molecule has 0 bridgehead atoms. The van der Waals surface area contributed by atoms with Crippen LogP contribution in [0, 0.1) is 0 Å². The fraction of sp³-hybridized carbons (Fsp3) is 0.857. The molecule has 6 heteroatoms. The molecule has 0 radical (unpaired) electrons. The minimum atomic E-state index is -2.91. The Morgan fingerprint density at radius 1 is 1.54 bits per heavy atom. The topological polar surface area (TPSA) is 81.6 Å². The Hall–Kier alpha value is -0.300. The lowest BCUT2D eigenvalue weighted by Gasteiger charge is -2.31. The molecule has 1 amide bonds. The molecular weight excluding hydrogens is 192 g/mol. The first-order valence-corrected chi connectivity index (χ1v) is 6.23. The third-order valence-electron chi connectivity index (χ3n) is 1.92. The van der Waals surface area contributed by atoms with Gasteiger partial charge in [-0.05, 0) is 19.4 Å². The lowest BCUT2D eigenvalue weighted by atomic mass is 10.1. The Balaban J connectivity index is 2.38. The second-order valence-corrected chi connectivity index (χ2v) is 5.17. The SMILES string of the molecule is CS(O)(O)NC(=O)C1CCCCN1. The average Bonchev–Trinajstić information content (AvgIpc) is 2.03. The molecule has 0 aromatic rings. The third-order valence-corrected chi connectivity index (χ3v) is 2.51. The van der Waals surface area contributed by atoms with Crippen LogP contribution in [0.15, 0.2) is 0 Å². The van der Waals surface area contributed by atoms with Crippen LogP contribution in [-0.2, 0) is 4.79 Å². The molecule has 1 atom stereocenters. The molecule has 1 rings (SSSR count). The molecular formula is C7H16N2O3S. The number of amides is 1. The van der Waals surface area contributed by atoms with E-state index in [0.717, 1.165) is 25.8 Å². The van der Waals surface area contributed by atoms with Crippen molar-refractivity contribution in [3.63, 3.8) is 0 Å². The minimum Gasteiger partial charge on any atom is -0.306 e. The molecule has 78 valence electrons. The lowest BCUT2D eigenvalue weighted by Crippen LogP contribution is -2.46. The van der Waals surface area contributed by atoms with Crippen LogP contribution in [0.4, 0.5) is 0 Å². The number of rotatable bonds is 2. The first kappa shape index (κ1) is 10.8. The summed E-state index contributed by atoms with van der Waals surface area (Å²) in [5.41, 5.74) is 0. The van der Waals surface area contributed by atoms with Gasteiger partial charge in [0.2, 0.25) is 0 Å². The first-order valence-electron chi connectivity index (χ1n) is 4.27. The number of piperidine rings is 1. The van der Waals surface area contributed by atoms with Crippen molar-refractivity contribution in [3.8, 4) is 0 Å². The van der Waals surface area contributed by atoms with Crippen molar-refractivity contribution >= 4 is 16.7 Å². The summed E-state index contributed by atoms with van der Waals surface area (Å²) in [7, 11) is -2.91. The molecule has 0 spiro atoms. The largest absolute Gasteiger partial charge is 0.306 e. The second-order valence-electron chi connectivity index (χ2n) is 3.30. The zero-order chi connectivity index (χ0) is 9.90. The van der Waals surface area contributed by atoms with Crippen molar-refractivity contribution in [2.45, 2.75) is 25.3 Å². The van der Waals surface area contributed by atoms with Crippen molar-refractivity contribution in [1.82, 2.24) is 10.0 Å². The molecule has 1 unspecified atom stereocenters. The van der Waals surface area contributed by atoms with E-state index in [9.17, 15) is 4.79 Å². The van der Waals surface area contributed by atoms with Gasteiger partial charge in [-0.25, -0.2) is 0 Å². The van der Waals surface area contributed by atoms with E-state index in [2.05, 4.69) is 10.0 Å². The molecule has 1 saturated heterocycles. The van der Waals surface area contributed by atoms with Gasteiger partial charge in [-0.1, -0.05) is 6.42 Å². The monoisotopic (exact) mass is 208 g/mol. The predicted octanol–water partition coefficient (Wildman–Crippen LogP) is 0.540. The van der Waals surface area contributed by atoms with Crippen LogP contribution in [0.5, 0.6) is 0 Å². The molecule has 1 fully saturated rings. The molecule has 0 aromatic heterocycles. The number of hydrogen-bond donors (Lipinski definition) is 4. The molecule has 0 aromatic carbocycles. The maximum atomic E-state index is 11.3. The van der Waals surface area contributed by atoms with Gasteiger partial charge < -0.3 is 5.32 Å². The van der Waals surface area contributed by atoms with Crippen LogP contribution in [-0.4, -0.2) is 33.9 Å². The van der Waals surface area contributed by atoms with Gasteiger partial charge in [0.05, 0.1) is 6.04 Å². The van der Waals surface area contributed by atoms with E-state index in [1.165, 1.54) is 6.26 Å². The maximum absolute atomic E-state index is 11.3. The molecule has 4 N–H and O–H groups in total. The van der Waals surface area contributed by atoms with Crippen molar-refractivity contribution in [2.24, 2.45) is 0 Å². The molecule has 1 aliphatic heterocycles. The van der Waals surface area contributed by atoms with Gasteiger partial charge in [0, 0.05) is 6.26 Å². The second kappa shape index (κ2) is 4.28. The van der Waals surface area contributed by atoms with Gasteiger partial charge in [0.25, 0.3) is 5.91 Å². The Bertz CT molecular complexity index is 187. The van der Waals surface area contributed by atoms with Crippen molar-refractivity contribution < 1.29 is 13.9 Å². The van der Waals surface area contributed by atoms with Gasteiger partial charge >= 0.3 is 0 Å². The highest BCUT2D eigenvalue weighted by Crippen LogP contribution is 2.27. The maximum Gasteiger partial charge on any atom is 0.255 e. The summed E-state index contributed by atoms with van der Waals surface area (Å²) in [5, 5.41) is 3.02. The lowest BCUT2D eigenvalue weighted by molar-refractivity contribution is -0.122. The molecule has 1 aliphatic rings. The Morgan fingerprint density at radius 3 is 2.69 bits per heavy atom. The number of carbonyl (C=O) groups excluding carboxylic acids is 1. The van der Waals surface area contributed by atoms with E-state index in [4.69, 9.17) is 9.11 Å². The van der Waals surface area contributed by atoms with E-state index in [0.29, 0.717) is 0 Å². The van der Waals surface area contributed by atoms with E-state index in [-0.39, 0.29) is 11.9 Å². The van der Waals surface area contributed by atoms with Crippen LogP contribution in [0.25, 0.3) is 0 Å². The Morgan fingerprint density at radius 2 is 2.23 bits per heavy atom. The zero-order valence-corrected chi connectivity index (χ0v) is 8.43. The quantitative estimate of drug-likeness (QED) is 0.534. The van der Waals surface area contributed by atoms with E-state index < -0.39 is 10.8 Å². The van der Waals surface area contributed by atoms with E-state index >= 15 is 0 Å². The molecule has 0 saturated carbocycles. The fourth-order valence-corrected chi connectivity index (χ4v) is 1.86. The molecule has 1 heterocycles. The smallest absolute Gasteiger partial charge is 0.255 e. The summed E-state index contributed by atoms with van der Waals surface area (Å²) in [4.78, 5) is 11.3. The number of hydrogen-bond acceptors (Lipinski definition) is 4. The van der Waals surface area contributed by atoms with Gasteiger partial charge in [0.15, 0.2) is 0 Å². The Labute approximate surface area is 79.4 Å². The van der Waals surface area contributed by atoms with Gasteiger partial charge in [-0.3, -0.25) is 18.6 Å². The van der Waals surface area contributed by atoms with E-state index in [1.807, 2.05) is 0 Å². The van der Waals surface area contributed by atoms with Crippen molar-refractivity contribution in [2.75, 3.05) is 12.8 Å². The van der Waals surface area contributed by atoms with Crippen LogP contribution >= 0.6 is 10.8 Å². The van der Waals surface area contributed by atoms with Crippen molar-refractivity contribution in [1.29, 1.82) is 0 Å². The summed E-state index contributed by atoms with van der Waals surface area (Å²) in [6, 6.07) is -0.264. The standard InChI is InChI=1S/C7H16N2O3S/c1-13(11,12)9-7(10)6-4-2-3-5-8-6/h6,8,11-12H,2-5H2,1H3,(H,9,10). The predicted molar refractivity (Wildman–Crippen MR) is 52.6 cm³/mol. The summed E-state index contributed by atoms with van der Waals surface area (Å²) in [6.07, 6.45) is 4.05. The molecule has 0 aliphatic carbocycles. The molecule has 5 nitrogen and oxygen atoms in total. The van der Waals surface area contributed by atoms with E-state index in [1.54, 1.807) is 0 Å². The summed E-state index contributed by atoms with van der Waals surface area (Å²) < 4.78 is 20.2. The minimum absolute atomic E-state index is 0.264. The number of nitrogens with one attached hydrogen (secondary N) is 2. The zero-order valence-electron chi connectivity index (χ0n) is 7.62. The van der Waals surface area contributed by atoms with Crippen LogP contribution in [0.3, 0.4) is 0 Å². The highest BCUT2D eigenvalue weighted by molar-refractivity contribution is 8.22.